The molecule has 174 valence electrons. The number of nitrogens with one attached hydrogen (secondary N) is 1. The Labute approximate surface area is 178 Å². The van der Waals surface area contributed by atoms with Crippen LogP contribution in [0.4, 0.5) is 36.8 Å². The Balaban J connectivity index is 1.57. The van der Waals surface area contributed by atoms with E-state index in [0.717, 1.165) is 6.07 Å². The number of fused-ring (bicyclic) bond motifs is 3. The topological polar surface area (TPSA) is 70.4 Å². The maximum atomic E-state index is 14.9. The molecule has 2 N–H and O–H groups in total. The summed E-state index contributed by atoms with van der Waals surface area (Å²) in [4.78, 5) is 13.8. The number of nitrogens with zero attached hydrogens (tertiary/aromatic N) is 3. The molecular weight excluding hydrogens is 442 g/mol. The fourth-order valence-corrected chi connectivity index (χ4v) is 4.15. The largest absolute Gasteiger partial charge is 0.419 e. The molecule has 12 heteroatoms. The second kappa shape index (κ2) is 7.98. The number of urea groups is 1. The van der Waals surface area contributed by atoms with Gasteiger partial charge < -0.3 is 15.3 Å². The number of hydrogen-bond donors (Lipinski definition) is 2. The number of aromatic nitrogens is 2. The fraction of sp³-hybridized carbons (Fsp3) is 0.500. The van der Waals surface area contributed by atoms with E-state index in [1.807, 2.05) is 0 Å². The lowest BCUT2D eigenvalue weighted by Gasteiger charge is -2.28. The Bertz CT molecular complexity index is 1040. The second-order valence-electron chi connectivity index (χ2n) is 8.04. The van der Waals surface area contributed by atoms with Gasteiger partial charge in [0.05, 0.1) is 17.8 Å². The van der Waals surface area contributed by atoms with E-state index in [-0.39, 0.29) is 61.9 Å². The second-order valence-corrected chi connectivity index (χ2v) is 8.04. The third-order valence-corrected chi connectivity index (χ3v) is 5.81. The van der Waals surface area contributed by atoms with Gasteiger partial charge >= 0.3 is 12.2 Å². The highest BCUT2D eigenvalue weighted by Crippen LogP contribution is 2.41. The fourth-order valence-electron chi connectivity index (χ4n) is 4.15. The number of carbonyl (C=O) groups excluding carboxylic acids is 1. The van der Waals surface area contributed by atoms with Gasteiger partial charge in [-0.3, -0.25) is 4.68 Å². The van der Waals surface area contributed by atoms with E-state index in [2.05, 4.69) is 10.4 Å². The number of carbonyl (C=O) groups is 1. The van der Waals surface area contributed by atoms with Gasteiger partial charge in [0.25, 0.3) is 5.92 Å². The Morgan fingerprint density at radius 3 is 2.75 bits per heavy atom. The lowest BCUT2D eigenvalue weighted by Crippen LogP contribution is -2.39. The van der Waals surface area contributed by atoms with Gasteiger partial charge in [-0.15, -0.1) is 0 Å². The molecule has 1 aromatic carbocycles. The summed E-state index contributed by atoms with van der Waals surface area (Å²) in [5, 5.41) is 16.0. The first kappa shape index (κ1) is 22.4. The molecule has 6 nitrogen and oxygen atoms in total. The minimum Gasteiger partial charge on any atom is -0.396 e. The van der Waals surface area contributed by atoms with Crippen LogP contribution in [-0.2, 0) is 31.6 Å². The molecule has 2 aliphatic rings. The molecule has 3 heterocycles. The van der Waals surface area contributed by atoms with E-state index in [0.29, 0.717) is 17.8 Å². The number of hydrogen-bond acceptors (Lipinski definition) is 3. The van der Waals surface area contributed by atoms with Crippen LogP contribution in [0, 0.1) is 11.7 Å². The number of halogens is 6. The molecule has 32 heavy (non-hydrogen) atoms. The molecular formula is C20H20F6N4O2. The normalized spacial score (nSPS) is 20.3. The summed E-state index contributed by atoms with van der Waals surface area (Å²) >= 11 is 0. The smallest absolute Gasteiger partial charge is 0.396 e. The molecule has 4 rings (SSSR count). The summed E-state index contributed by atoms with van der Waals surface area (Å²) in [5.74, 6) is -5.02. The van der Waals surface area contributed by atoms with Crippen molar-refractivity contribution in [2.24, 2.45) is 5.92 Å². The highest BCUT2D eigenvalue weighted by atomic mass is 19.4. The predicted molar refractivity (Wildman–Crippen MR) is 100 cm³/mol. The van der Waals surface area contributed by atoms with E-state index in [1.54, 1.807) is 0 Å². The van der Waals surface area contributed by atoms with Crippen LogP contribution in [0.5, 0.6) is 0 Å². The first-order valence-electron chi connectivity index (χ1n) is 10.00. The zero-order chi connectivity index (χ0) is 23.3. The molecule has 1 unspecified atom stereocenters. The Morgan fingerprint density at radius 2 is 2.06 bits per heavy atom. The van der Waals surface area contributed by atoms with Gasteiger partial charge in [-0.2, -0.15) is 27.1 Å². The van der Waals surface area contributed by atoms with Crippen molar-refractivity contribution in [2.75, 3.05) is 18.5 Å². The summed E-state index contributed by atoms with van der Waals surface area (Å²) in [6, 6.07) is 1.29. The van der Waals surface area contributed by atoms with Crippen LogP contribution in [-0.4, -0.2) is 39.0 Å². The average molecular weight is 462 g/mol. The average Bonchev–Trinajstić information content (AvgIpc) is 3.03. The highest BCUT2D eigenvalue weighted by molar-refractivity contribution is 5.89. The van der Waals surface area contributed by atoms with Gasteiger partial charge in [0.15, 0.2) is 0 Å². The number of aliphatic hydroxyl groups excluding tert-OH is 1. The van der Waals surface area contributed by atoms with Crippen molar-refractivity contribution in [2.45, 2.75) is 44.5 Å². The minimum atomic E-state index is -4.93. The first-order valence-corrected chi connectivity index (χ1v) is 10.00. The van der Waals surface area contributed by atoms with E-state index in [4.69, 9.17) is 0 Å². The number of aliphatic hydroxyl groups is 1. The maximum absolute atomic E-state index is 14.9. The third kappa shape index (κ3) is 4.15. The summed E-state index contributed by atoms with van der Waals surface area (Å²) in [6.45, 7) is -0.177. The van der Waals surface area contributed by atoms with Crippen molar-refractivity contribution in [3.8, 4) is 0 Å². The summed E-state index contributed by atoms with van der Waals surface area (Å²) in [6.07, 6.45) is -5.07. The molecule has 2 aliphatic heterocycles. The first-order chi connectivity index (χ1) is 15.0. The van der Waals surface area contributed by atoms with Gasteiger partial charge in [-0.05, 0) is 24.6 Å². The van der Waals surface area contributed by atoms with Gasteiger partial charge in [0, 0.05) is 49.7 Å². The SMILES string of the molecule is O=C(Nc1ccc(F)c(C(F)(F)F)c1)N1CCc2nn3c(c2C1)C(F)(F)CCC(CO)C3. The van der Waals surface area contributed by atoms with Crippen LogP contribution in [0.1, 0.15) is 35.4 Å². The standard InChI is InChI=1S/C20H20F6N4O2/c21-15-2-1-12(7-14(15)20(24,25)26)27-18(32)29-6-4-16-13(9-29)17-19(22,23)5-3-11(10-31)8-30(17)28-16/h1-2,7,11,31H,3-6,8-10H2,(H,27,32). The Morgan fingerprint density at radius 1 is 1.31 bits per heavy atom. The van der Waals surface area contributed by atoms with Crippen molar-refractivity contribution in [3.05, 3.63) is 46.5 Å². The lowest BCUT2D eigenvalue weighted by molar-refractivity contribution is -0.139. The van der Waals surface area contributed by atoms with Gasteiger partial charge in [-0.25, -0.2) is 9.18 Å². The van der Waals surface area contributed by atoms with Crippen LogP contribution in [0.3, 0.4) is 0 Å². The van der Waals surface area contributed by atoms with Crippen LogP contribution >= 0.6 is 0 Å². The zero-order valence-corrected chi connectivity index (χ0v) is 16.7. The third-order valence-electron chi connectivity index (χ3n) is 5.81. The van der Waals surface area contributed by atoms with E-state index in [9.17, 15) is 36.2 Å². The van der Waals surface area contributed by atoms with Crippen molar-refractivity contribution in [1.29, 1.82) is 0 Å². The number of alkyl halides is 5. The Hall–Kier alpha value is -2.76. The van der Waals surface area contributed by atoms with Crippen LogP contribution in [0.25, 0.3) is 0 Å². The highest BCUT2D eigenvalue weighted by Gasteiger charge is 2.43. The number of anilines is 1. The molecule has 0 radical (unpaired) electrons. The van der Waals surface area contributed by atoms with E-state index < -0.39 is 35.9 Å². The maximum Gasteiger partial charge on any atom is 0.419 e. The Kier molecular flexibility index (Phi) is 5.60. The molecule has 0 saturated carbocycles. The van der Waals surface area contributed by atoms with Crippen LogP contribution in [0.15, 0.2) is 18.2 Å². The lowest BCUT2D eigenvalue weighted by atomic mass is 9.98. The molecule has 0 bridgehead atoms. The summed E-state index contributed by atoms with van der Waals surface area (Å²) in [5.41, 5.74) is -1.42. The molecule has 2 aromatic rings. The van der Waals surface area contributed by atoms with Gasteiger partial charge in [0.2, 0.25) is 0 Å². The monoisotopic (exact) mass is 462 g/mol. The van der Waals surface area contributed by atoms with Crippen molar-refractivity contribution in [1.82, 2.24) is 14.7 Å². The predicted octanol–water partition coefficient (Wildman–Crippen LogP) is 4.13. The number of amides is 2. The van der Waals surface area contributed by atoms with Crippen LogP contribution in [0.2, 0.25) is 0 Å². The quantitative estimate of drug-likeness (QED) is 0.660. The zero-order valence-electron chi connectivity index (χ0n) is 16.7. The molecule has 0 fully saturated rings. The number of rotatable bonds is 2. The van der Waals surface area contributed by atoms with Crippen LogP contribution < -0.4 is 5.32 Å². The molecule has 1 atom stereocenters. The van der Waals surface area contributed by atoms with Crippen molar-refractivity contribution < 1.29 is 36.2 Å². The molecule has 0 saturated heterocycles. The van der Waals surface area contributed by atoms with Crippen molar-refractivity contribution >= 4 is 11.7 Å². The molecule has 0 aliphatic carbocycles. The van der Waals surface area contributed by atoms with Gasteiger partial charge in [0.1, 0.15) is 11.5 Å². The van der Waals surface area contributed by atoms with Crippen molar-refractivity contribution in [3.63, 3.8) is 0 Å². The van der Waals surface area contributed by atoms with E-state index >= 15 is 0 Å². The minimum absolute atomic E-state index is 0.123. The molecule has 2 amide bonds. The number of benzene rings is 1. The molecule has 1 aromatic heterocycles. The molecule has 0 spiro atoms. The van der Waals surface area contributed by atoms with Gasteiger partial charge in [-0.1, -0.05) is 0 Å². The van der Waals surface area contributed by atoms with E-state index in [1.165, 1.54) is 9.58 Å². The summed E-state index contributed by atoms with van der Waals surface area (Å²) in [7, 11) is 0. The summed E-state index contributed by atoms with van der Waals surface area (Å²) < 4.78 is 83.1.